The highest BCUT2D eigenvalue weighted by molar-refractivity contribution is 5.24. The molecule has 1 heteroatoms. The van der Waals surface area contributed by atoms with Gasteiger partial charge in [0.15, 0.2) is 0 Å². The Bertz CT molecular complexity index is 893. The van der Waals surface area contributed by atoms with Gasteiger partial charge in [0.25, 0.3) is 0 Å². The minimum absolute atomic E-state index is 0.154. The maximum atomic E-state index is 6.71. The van der Waals surface area contributed by atoms with Crippen LogP contribution in [0.5, 0.6) is 0 Å². The molecular weight excluding hydrogens is 544 g/mol. The van der Waals surface area contributed by atoms with Gasteiger partial charge in [-0.25, -0.2) is 0 Å². The lowest BCUT2D eigenvalue weighted by Crippen LogP contribution is -2.53. The molecule has 0 aromatic heterocycles. The normalized spacial score (nSPS) is 32.3. The van der Waals surface area contributed by atoms with Crippen molar-refractivity contribution < 1.29 is 4.74 Å². The van der Waals surface area contributed by atoms with Gasteiger partial charge >= 0.3 is 0 Å². The van der Waals surface area contributed by atoms with Gasteiger partial charge in [-0.2, -0.15) is 0 Å². The van der Waals surface area contributed by atoms with E-state index in [0.717, 1.165) is 36.0 Å². The van der Waals surface area contributed by atoms with E-state index in [9.17, 15) is 0 Å². The van der Waals surface area contributed by atoms with Crippen LogP contribution in [0.3, 0.4) is 0 Å². The summed E-state index contributed by atoms with van der Waals surface area (Å²) in [5.74, 6) is 7.72. The molecule has 4 aliphatic rings. The average molecular weight is 619 g/mol. The van der Waals surface area contributed by atoms with Gasteiger partial charge in [0.1, 0.15) is 5.60 Å². The summed E-state index contributed by atoms with van der Waals surface area (Å²) in [7, 11) is 0. The molecule has 0 spiro atoms. The predicted octanol–water partition coefficient (Wildman–Crippen LogP) is 13.6. The molecule has 0 bridgehead atoms. The van der Waals surface area contributed by atoms with E-state index in [0.29, 0.717) is 6.61 Å². The third-order valence-electron chi connectivity index (χ3n) is 13.5. The average Bonchev–Trinajstić information content (AvgIpc) is 3.37. The fourth-order valence-electron chi connectivity index (χ4n) is 10.6. The Morgan fingerprint density at radius 3 is 1.82 bits per heavy atom. The standard InChI is InChI=1S/C44H74O/c1-4-6-7-8-9-10-11-12-13-14-15-16-17-18-19-20-21-22-23-24-25-28-37-45-44(5-2)36-34-42-41-32-31-38-29-26-27-30-39(38)40(41)33-35-43(42,44)3/h2,25-28,38-42H,4,6-24,29-37H2,1,3H3/t38?,39-,40+,41+,42-,43-,44-/m0/s1. The predicted molar refractivity (Wildman–Crippen MR) is 196 cm³/mol. The highest BCUT2D eigenvalue weighted by Gasteiger charge is 2.63. The Morgan fingerprint density at radius 2 is 1.22 bits per heavy atom. The molecule has 0 aromatic rings. The quantitative estimate of drug-likeness (QED) is 0.0629. The van der Waals surface area contributed by atoms with Gasteiger partial charge in [0, 0.05) is 5.41 Å². The van der Waals surface area contributed by atoms with E-state index >= 15 is 0 Å². The molecule has 4 aliphatic carbocycles. The first-order chi connectivity index (χ1) is 22.1. The lowest BCUT2D eigenvalue weighted by atomic mass is 9.49. The van der Waals surface area contributed by atoms with Gasteiger partial charge in [-0.15, -0.1) is 6.42 Å². The van der Waals surface area contributed by atoms with Crippen molar-refractivity contribution in [2.45, 2.75) is 199 Å². The van der Waals surface area contributed by atoms with Crippen LogP contribution in [0.15, 0.2) is 24.3 Å². The smallest absolute Gasteiger partial charge is 0.134 e. The van der Waals surface area contributed by atoms with Crippen molar-refractivity contribution >= 4 is 0 Å². The molecule has 3 fully saturated rings. The topological polar surface area (TPSA) is 9.23 Å². The summed E-state index contributed by atoms with van der Waals surface area (Å²) in [5, 5.41) is 0. The van der Waals surface area contributed by atoms with E-state index in [4.69, 9.17) is 11.2 Å². The fraction of sp³-hybridized carbons (Fsp3) is 0.864. The molecule has 1 nitrogen and oxygen atoms in total. The number of hydrogen-bond donors (Lipinski definition) is 0. The number of allylic oxidation sites excluding steroid dienone is 3. The second-order valence-corrected chi connectivity index (χ2v) is 16.3. The second kappa shape index (κ2) is 20.4. The number of ether oxygens (including phenoxy) is 1. The van der Waals surface area contributed by atoms with Crippen molar-refractivity contribution in [3.63, 3.8) is 0 Å². The van der Waals surface area contributed by atoms with Gasteiger partial charge < -0.3 is 4.74 Å². The summed E-state index contributed by atoms with van der Waals surface area (Å²) >= 11 is 0. The van der Waals surface area contributed by atoms with Crippen molar-refractivity contribution in [1.29, 1.82) is 0 Å². The molecule has 3 saturated carbocycles. The number of hydrogen-bond acceptors (Lipinski definition) is 1. The summed E-state index contributed by atoms with van der Waals surface area (Å²) < 4.78 is 6.71. The largest absolute Gasteiger partial charge is 0.358 e. The van der Waals surface area contributed by atoms with Gasteiger partial charge in [0.2, 0.25) is 0 Å². The molecule has 0 heterocycles. The van der Waals surface area contributed by atoms with E-state index in [-0.39, 0.29) is 11.0 Å². The first-order valence-electron chi connectivity index (χ1n) is 20.6. The maximum Gasteiger partial charge on any atom is 0.134 e. The molecular formula is C44H74O. The third-order valence-corrected chi connectivity index (χ3v) is 13.5. The molecule has 0 N–H and O–H groups in total. The molecule has 0 radical (unpaired) electrons. The van der Waals surface area contributed by atoms with Gasteiger partial charge in [-0.05, 0) is 93.8 Å². The Labute approximate surface area is 281 Å². The maximum absolute atomic E-state index is 6.71. The van der Waals surface area contributed by atoms with Crippen LogP contribution in [0.2, 0.25) is 0 Å². The second-order valence-electron chi connectivity index (χ2n) is 16.3. The lowest BCUT2D eigenvalue weighted by Gasteiger charge is -2.56. The van der Waals surface area contributed by atoms with E-state index < -0.39 is 0 Å². The van der Waals surface area contributed by atoms with Crippen LogP contribution in [0, 0.1) is 47.3 Å². The Hall–Kier alpha value is -1.00. The Balaban J connectivity index is 0.977. The third kappa shape index (κ3) is 10.5. The van der Waals surface area contributed by atoms with Crippen LogP contribution in [0.4, 0.5) is 0 Å². The summed E-state index contributed by atoms with van der Waals surface area (Å²) in [6.07, 6.45) is 54.9. The molecule has 256 valence electrons. The zero-order valence-corrected chi connectivity index (χ0v) is 30.2. The number of unbranched alkanes of at least 4 members (excludes halogenated alkanes) is 19. The van der Waals surface area contributed by atoms with Crippen LogP contribution in [0.1, 0.15) is 194 Å². The number of rotatable bonds is 23. The summed E-state index contributed by atoms with van der Waals surface area (Å²) in [4.78, 5) is 0. The fourth-order valence-corrected chi connectivity index (χ4v) is 10.6. The van der Waals surface area contributed by atoms with E-state index in [1.165, 1.54) is 173 Å². The van der Waals surface area contributed by atoms with Crippen LogP contribution in [-0.2, 0) is 4.74 Å². The molecule has 45 heavy (non-hydrogen) atoms. The molecule has 0 amide bonds. The van der Waals surface area contributed by atoms with Crippen molar-refractivity contribution in [1.82, 2.24) is 0 Å². The van der Waals surface area contributed by atoms with Gasteiger partial charge in [-0.1, -0.05) is 160 Å². The minimum atomic E-state index is -0.358. The Morgan fingerprint density at radius 1 is 0.644 bits per heavy atom. The van der Waals surface area contributed by atoms with E-state index in [1.54, 1.807) is 0 Å². The highest BCUT2D eigenvalue weighted by Crippen LogP contribution is 2.65. The highest BCUT2D eigenvalue weighted by atomic mass is 16.5. The van der Waals surface area contributed by atoms with Crippen LogP contribution >= 0.6 is 0 Å². The van der Waals surface area contributed by atoms with Gasteiger partial charge in [0.05, 0.1) is 6.61 Å². The molecule has 1 unspecified atom stereocenters. The summed E-state index contributed by atoms with van der Waals surface area (Å²) in [6, 6.07) is 0. The molecule has 7 atom stereocenters. The first-order valence-corrected chi connectivity index (χ1v) is 20.6. The number of fused-ring (bicyclic) bond motifs is 5. The first kappa shape index (κ1) is 36.8. The van der Waals surface area contributed by atoms with Crippen LogP contribution < -0.4 is 0 Å². The van der Waals surface area contributed by atoms with Crippen molar-refractivity contribution in [3.05, 3.63) is 24.3 Å². The molecule has 0 aliphatic heterocycles. The van der Waals surface area contributed by atoms with Crippen molar-refractivity contribution in [2.24, 2.45) is 35.0 Å². The van der Waals surface area contributed by atoms with Crippen molar-refractivity contribution in [3.8, 4) is 12.3 Å². The van der Waals surface area contributed by atoms with Gasteiger partial charge in [-0.3, -0.25) is 0 Å². The number of terminal acetylenes is 1. The lowest BCUT2D eigenvalue weighted by molar-refractivity contribution is -0.123. The van der Waals surface area contributed by atoms with Crippen LogP contribution in [-0.4, -0.2) is 12.2 Å². The summed E-state index contributed by atoms with van der Waals surface area (Å²) in [5.41, 5.74) is -0.204. The zero-order valence-electron chi connectivity index (χ0n) is 30.2. The monoisotopic (exact) mass is 619 g/mol. The van der Waals surface area contributed by atoms with Crippen molar-refractivity contribution in [2.75, 3.05) is 6.61 Å². The van der Waals surface area contributed by atoms with E-state index in [1.807, 2.05) is 0 Å². The molecule has 0 saturated heterocycles. The Kier molecular flexibility index (Phi) is 16.7. The zero-order chi connectivity index (χ0) is 31.6. The molecule has 4 rings (SSSR count). The molecule has 0 aromatic carbocycles. The van der Waals surface area contributed by atoms with Crippen LogP contribution in [0.25, 0.3) is 0 Å². The summed E-state index contributed by atoms with van der Waals surface area (Å²) in [6.45, 7) is 5.50. The minimum Gasteiger partial charge on any atom is -0.358 e. The van der Waals surface area contributed by atoms with E-state index in [2.05, 4.69) is 44.1 Å². The SMILES string of the molecule is C#C[C@]1(OCC=CCCCCCCCCCCCCCCCCCCCCC)CC[C@H]2[C@@H]3CCC4CC=CC[C@@H]4[C@H]3CC[C@@]21C.